The number of hydrogen-bond acceptors (Lipinski definition) is 1. The molecule has 0 radical (unpaired) electrons. The highest BCUT2D eigenvalue weighted by molar-refractivity contribution is 5.78. The van der Waals surface area contributed by atoms with Crippen molar-refractivity contribution in [3.63, 3.8) is 0 Å². The van der Waals surface area contributed by atoms with Gasteiger partial charge in [-0.05, 0) is 29.5 Å². The summed E-state index contributed by atoms with van der Waals surface area (Å²) in [4.78, 5) is 11.2. The lowest BCUT2D eigenvalue weighted by Gasteiger charge is -2.10. The van der Waals surface area contributed by atoms with Gasteiger partial charge in [-0.25, -0.2) is 0 Å². The molecule has 0 bridgehead atoms. The second-order valence-electron chi connectivity index (χ2n) is 5.07. The van der Waals surface area contributed by atoms with Crippen molar-refractivity contribution in [3.05, 3.63) is 60.2 Å². The predicted molar refractivity (Wildman–Crippen MR) is 78.9 cm³/mol. The summed E-state index contributed by atoms with van der Waals surface area (Å²) in [6, 6.07) is 19.3. The van der Waals surface area contributed by atoms with E-state index >= 15 is 0 Å². The summed E-state index contributed by atoms with van der Waals surface area (Å²) in [7, 11) is 0. The summed E-state index contributed by atoms with van der Waals surface area (Å²) in [5, 5.41) is 3.01. The Bertz CT molecular complexity index is 565. The van der Waals surface area contributed by atoms with Gasteiger partial charge in [0.25, 0.3) is 0 Å². The molecule has 1 amide bonds. The number of amides is 1. The lowest BCUT2D eigenvalue weighted by molar-refractivity contribution is -0.119. The summed E-state index contributed by atoms with van der Waals surface area (Å²) < 4.78 is 0. The predicted octanol–water partition coefficient (Wildman–Crippen LogP) is 3.42. The zero-order valence-corrected chi connectivity index (χ0v) is 10.8. The third-order valence-electron chi connectivity index (χ3n) is 3.63. The van der Waals surface area contributed by atoms with Crippen LogP contribution in [0.3, 0.4) is 0 Å². The maximum absolute atomic E-state index is 11.2. The van der Waals surface area contributed by atoms with E-state index in [9.17, 15) is 4.79 Å². The van der Waals surface area contributed by atoms with E-state index in [0.29, 0.717) is 12.5 Å². The maximum Gasteiger partial charge on any atom is 0.220 e. The average molecular weight is 253 g/mol. The first kappa shape index (κ1) is 12.0. The van der Waals surface area contributed by atoms with Gasteiger partial charge in [0, 0.05) is 13.9 Å². The molecule has 2 heteroatoms. The number of rotatable bonds is 3. The topological polar surface area (TPSA) is 29.1 Å². The monoisotopic (exact) mass is 253 g/mol. The number of hydrogen-bond donors (Lipinski definition) is 1. The van der Waals surface area contributed by atoms with Gasteiger partial charge in [-0.1, -0.05) is 54.6 Å². The first-order valence-electron chi connectivity index (χ1n) is 6.75. The molecule has 2 aromatic rings. The van der Waals surface area contributed by atoms with Crippen LogP contribution < -0.4 is 5.32 Å². The van der Waals surface area contributed by atoms with E-state index in [1.807, 2.05) is 6.07 Å². The van der Waals surface area contributed by atoms with Crippen LogP contribution in [0, 0.1) is 0 Å². The molecular formula is C17H19NO. The van der Waals surface area contributed by atoms with Gasteiger partial charge in [0.05, 0.1) is 0 Å². The minimum absolute atomic E-state index is 0. The average Bonchev–Trinajstić information content (AvgIpc) is 2.86. The number of carbonyl (C=O) groups excluding carboxylic acids is 1. The molecule has 19 heavy (non-hydrogen) atoms. The molecule has 0 saturated carbocycles. The van der Waals surface area contributed by atoms with Crippen molar-refractivity contribution in [1.29, 1.82) is 0 Å². The Hall–Kier alpha value is -2.09. The van der Waals surface area contributed by atoms with Gasteiger partial charge in [0.1, 0.15) is 0 Å². The van der Waals surface area contributed by atoms with Crippen LogP contribution in [0.15, 0.2) is 54.6 Å². The molecule has 0 spiro atoms. The lowest BCUT2D eigenvalue weighted by Crippen LogP contribution is -2.27. The quantitative estimate of drug-likeness (QED) is 0.892. The first-order valence-corrected chi connectivity index (χ1v) is 6.75. The molecule has 1 N–H and O–H groups in total. The van der Waals surface area contributed by atoms with Gasteiger partial charge in [0.15, 0.2) is 0 Å². The van der Waals surface area contributed by atoms with E-state index in [1.54, 1.807) is 0 Å². The Morgan fingerprint density at radius 1 is 1.00 bits per heavy atom. The van der Waals surface area contributed by atoms with E-state index in [0.717, 1.165) is 12.8 Å². The van der Waals surface area contributed by atoms with Gasteiger partial charge in [-0.15, -0.1) is 0 Å². The van der Waals surface area contributed by atoms with Crippen molar-refractivity contribution < 1.29 is 6.22 Å². The molecule has 1 aliphatic heterocycles. The molecule has 0 aliphatic carbocycles. The molecular weight excluding hydrogens is 234 g/mol. The Morgan fingerprint density at radius 2 is 1.68 bits per heavy atom. The fraction of sp³-hybridized carbons (Fsp3) is 0.235. The normalized spacial score (nSPS) is 18.3. The zero-order valence-electron chi connectivity index (χ0n) is 10.8. The van der Waals surface area contributed by atoms with Crippen LogP contribution >= 0.6 is 0 Å². The van der Waals surface area contributed by atoms with Crippen molar-refractivity contribution >= 4 is 5.91 Å². The van der Waals surface area contributed by atoms with Crippen LogP contribution in [-0.2, 0) is 11.2 Å². The van der Waals surface area contributed by atoms with Gasteiger partial charge in [0.2, 0.25) is 5.91 Å². The SMILES string of the molecule is O=C1CC[C@@H](Cc2ccc(-c3ccccc3)cc2)N1.[HH]. The van der Waals surface area contributed by atoms with Crippen LogP contribution in [0.2, 0.25) is 0 Å². The van der Waals surface area contributed by atoms with E-state index in [1.165, 1.54) is 16.7 Å². The second kappa shape index (κ2) is 5.27. The lowest BCUT2D eigenvalue weighted by atomic mass is 10.0. The Kier molecular flexibility index (Phi) is 3.32. The van der Waals surface area contributed by atoms with Gasteiger partial charge >= 0.3 is 0 Å². The van der Waals surface area contributed by atoms with Crippen LogP contribution in [0.5, 0.6) is 0 Å². The van der Waals surface area contributed by atoms with Crippen LogP contribution in [0.25, 0.3) is 11.1 Å². The minimum atomic E-state index is 0. The highest BCUT2D eigenvalue weighted by Crippen LogP contribution is 2.20. The number of benzene rings is 2. The third-order valence-corrected chi connectivity index (χ3v) is 3.63. The second-order valence-corrected chi connectivity index (χ2v) is 5.07. The van der Waals surface area contributed by atoms with Gasteiger partial charge < -0.3 is 5.32 Å². The molecule has 98 valence electrons. The summed E-state index contributed by atoms with van der Waals surface area (Å²) in [5.41, 5.74) is 3.76. The summed E-state index contributed by atoms with van der Waals surface area (Å²) in [6.45, 7) is 0. The van der Waals surface area contributed by atoms with Crippen molar-refractivity contribution in [2.45, 2.75) is 25.3 Å². The van der Waals surface area contributed by atoms with Crippen LogP contribution in [-0.4, -0.2) is 11.9 Å². The standard InChI is InChI=1S/C17H17NO.H2/c19-17-11-10-16(18-17)12-13-6-8-15(9-7-13)14-4-2-1-3-5-14;/h1-9,16H,10-12H2,(H,18,19);1H/t16-;/m0./s1. The fourth-order valence-corrected chi connectivity index (χ4v) is 2.58. The van der Waals surface area contributed by atoms with Crippen LogP contribution in [0.4, 0.5) is 0 Å². The molecule has 0 unspecified atom stereocenters. The molecule has 2 aromatic carbocycles. The van der Waals surface area contributed by atoms with Crippen molar-refractivity contribution in [2.75, 3.05) is 0 Å². The first-order chi connectivity index (χ1) is 9.31. The van der Waals surface area contributed by atoms with Crippen molar-refractivity contribution in [2.24, 2.45) is 0 Å². The van der Waals surface area contributed by atoms with Crippen molar-refractivity contribution in [1.82, 2.24) is 5.32 Å². The Balaban J connectivity index is 0.00000147. The van der Waals surface area contributed by atoms with Crippen LogP contribution in [0.1, 0.15) is 19.8 Å². The van der Waals surface area contributed by atoms with E-state index in [4.69, 9.17) is 0 Å². The van der Waals surface area contributed by atoms with Gasteiger partial charge in [-0.3, -0.25) is 4.79 Å². The van der Waals surface area contributed by atoms with E-state index in [2.05, 4.69) is 53.8 Å². The van der Waals surface area contributed by atoms with E-state index in [-0.39, 0.29) is 7.33 Å². The Labute approximate surface area is 115 Å². The zero-order chi connectivity index (χ0) is 13.1. The smallest absolute Gasteiger partial charge is 0.220 e. The molecule has 1 saturated heterocycles. The number of nitrogens with one attached hydrogen (secondary N) is 1. The van der Waals surface area contributed by atoms with Crippen molar-refractivity contribution in [3.8, 4) is 11.1 Å². The molecule has 1 fully saturated rings. The third kappa shape index (κ3) is 2.84. The summed E-state index contributed by atoms with van der Waals surface area (Å²) in [5.74, 6) is 0.186. The fourth-order valence-electron chi connectivity index (χ4n) is 2.58. The molecule has 2 nitrogen and oxygen atoms in total. The highest BCUT2D eigenvalue weighted by atomic mass is 16.1. The molecule has 1 atom stereocenters. The summed E-state index contributed by atoms with van der Waals surface area (Å²) >= 11 is 0. The highest BCUT2D eigenvalue weighted by Gasteiger charge is 2.20. The molecule has 0 aromatic heterocycles. The largest absolute Gasteiger partial charge is 0.353 e. The summed E-state index contributed by atoms with van der Waals surface area (Å²) in [6.07, 6.45) is 2.56. The molecule has 1 heterocycles. The van der Waals surface area contributed by atoms with E-state index < -0.39 is 0 Å². The maximum atomic E-state index is 11.2. The Morgan fingerprint density at radius 3 is 2.32 bits per heavy atom. The molecule has 3 rings (SSSR count). The number of carbonyl (C=O) groups is 1. The molecule has 1 aliphatic rings. The van der Waals surface area contributed by atoms with Gasteiger partial charge in [-0.2, -0.15) is 0 Å². The minimum Gasteiger partial charge on any atom is -0.353 e.